The largest absolute Gasteiger partial charge is 0.483 e. The van der Waals surface area contributed by atoms with Crippen LogP contribution in [0.1, 0.15) is 64.0 Å². The molecule has 0 unspecified atom stereocenters. The van der Waals surface area contributed by atoms with Crippen molar-refractivity contribution < 1.29 is 47.7 Å². The molecule has 6 N–H and O–H groups in total. The third kappa shape index (κ3) is 11.2. The number of aliphatic hydroxyl groups excluding tert-OH is 2. The lowest BCUT2D eigenvalue weighted by Gasteiger charge is -2.37. The lowest BCUT2D eigenvalue weighted by atomic mass is 9.79. The van der Waals surface area contributed by atoms with Crippen LogP contribution in [-0.2, 0) is 29.0 Å². The zero-order valence-corrected chi connectivity index (χ0v) is 33.5. The first-order chi connectivity index (χ1) is 26.8. The summed E-state index contributed by atoms with van der Waals surface area (Å²) in [7, 11) is -3.86. The van der Waals surface area contributed by atoms with Gasteiger partial charge in [-0.2, -0.15) is 0 Å². The summed E-state index contributed by atoms with van der Waals surface area (Å²) in [4.78, 5) is 53.7. The zero-order valence-electron chi connectivity index (χ0n) is 31.9. The monoisotopic (exact) mass is 812 g/mol. The van der Waals surface area contributed by atoms with Crippen molar-refractivity contribution in [2.24, 2.45) is 5.41 Å². The average molecular weight is 813 g/mol. The van der Waals surface area contributed by atoms with Gasteiger partial charge in [0.15, 0.2) is 16.4 Å². The van der Waals surface area contributed by atoms with Gasteiger partial charge >= 0.3 is 5.97 Å². The number of benzene rings is 3. The molecule has 304 valence electrons. The van der Waals surface area contributed by atoms with Crippen molar-refractivity contribution in [2.75, 3.05) is 43.3 Å². The second-order valence-corrected chi connectivity index (χ2v) is 16.7. The van der Waals surface area contributed by atoms with Crippen LogP contribution in [-0.4, -0.2) is 97.9 Å². The molecule has 16 heteroatoms. The number of nitrogens with zero attached hydrogens (tertiary/aromatic N) is 1. The van der Waals surface area contributed by atoms with Crippen molar-refractivity contribution >= 4 is 56.7 Å². The van der Waals surface area contributed by atoms with E-state index in [0.29, 0.717) is 22.7 Å². The maximum atomic E-state index is 14.4. The van der Waals surface area contributed by atoms with Crippen LogP contribution >= 0.6 is 11.8 Å². The Hall–Kier alpha value is -4.64. The number of carboxylic acids is 1. The summed E-state index contributed by atoms with van der Waals surface area (Å²) in [6.07, 6.45) is 6.98. The summed E-state index contributed by atoms with van der Waals surface area (Å²) in [5.41, 5.74) is 1.22. The van der Waals surface area contributed by atoms with Crippen molar-refractivity contribution in [3.8, 4) is 5.75 Å². The molecule has 0 aliphatic carbocycles. The van der Waals surface area contributed by atoms with E-state index in [2.05, 4.69) is 29.4 Å². The molecular weight excluding hydrogens is 761 g/mol. The molecule has 0 bridgehead atoms. The number of unbranched alkanes of at least 4 members (excludes halogenated alkanes) is 2. The molecule has 3 atom stereocenters. The molecule has 0 spiro atoms. The molecule has 4 rings (SSSR count). The predicted molar refractivity (Wildman–Crippen MR) is 214 cm³/mol. The highest BCUT2D eigenvalue weighted by molar-refractivity contribution is 7.98. The number of aliphatic carboxylic acids is 1. The molecule has 56 heavy (non-hydrogen) atoms. The van der Waals surface area contributed by atoms with Crippen molar-refractivity contribution in [1.29, 1.82) is 0 Å². The number of rotatable bonds is 20. The SMILES string of the molecule is CCCCC1(CCCC)CN(c2ccccc2)c2cc(SC)c(OCC(=O)N[C@@H](C(=O)N[C@@H](CO)C(=O)N[C@@H](CO)C(=O)O)c3ccccc3)cc2S(=O)(=O)C1. The number of fused-ring (bicyclic) bond motifs is 1. The lowest BCUT2D eigenvalue weighted by molar-refractivity contribution is -0.143. The van der Waals surface area contributed by atoms with Gasteiger partial charge in [-0.1, -0.05) is 88.1 Å². The Kier molecular flexibility index (Phi) is 16.1. The topological polar surface area (TPSA) is 212 Å². The van der Waals surface area contributed by atoms with Crippen molar-refractivity contribution in [3.05, 3.63) is 78.4 Å². The van der Waals surface area contributed by atoms with Crippen molar-refractivity contribution in [1.82, 2.24) is 16.0 Å². The number of aliphatic hydroxyl groups is 2. The maximum absolute atomic E-state index is 14.4. The third-order valence-electron chi connectivity index (χ3n) is 9.72. The van der Waals surface area contributed by atoms with E-state index in [9.17, 15) is 42.9 Å². The van der Waals surface area contributed by atoms with Gasteiger partial charge in [-0.3, -0.25) is 14.4 Å². The first-order valence-corrected chi connectivity index (χ1v) is 21.5. The Balaban J connectivity index is 1.63. The molecular formula is C40H52N4O10S2. The number of carbonyl (C=O) groups is 4. The van der Waals surface area contributed by atoms with E-state index in [4.69, 9.17) is 4.74 Å². The molecule has 3 aromatic rings. The summed E-state index contributed by atoms with van der Waals surface area (Å²) in [5.74, 6) is -4.09. The zero-order chi connectivity index (χ0) is 40.9. The quantitative estimate of drug-likeness (QED) is 0.0896. The number of para-hydroxylation sites is 1. The van der Waals surface area contributed by atoms with E-state index in [-0.39, 0.29) is 16.4 Å². The van der Waals surface area contributed by atoms with Gasteiger partial charge in [0.1, 0.15) is 23.9 Å². The highest BCUT2D eigenvalue weighted by atomic mass is 32.2. The molecule has 0 saturated heterocycles. The Bertz CT molecular complexity index is 1910. The van der Waals surface area contributed by atoms with Gasteiger partial charge in [0.05, 0.1) is 34.4 Å². The second-order valence-electron chi connectivity index (χ2n) is 13.9. The Morgan fingerprint density at radius 3 is 2.00 bits per heavy atom. The first-order valence-electron chi connectivity index (χ1n) is 18.6. The van der Waals surface area contributed by atoms with Gasteiger partial charge in [0.2, 0.25) is 11.8 Å². The first kappa shape index (κ1) is 44.1. The Morgan fingerprint density at radius 1 is 0.857 bits per heavy atom. The fraction of sp³-hybridized carbons (Fsp3) is 0.450. The number of amides is 3. The highest BCUT2D eigenvalue weighted by Crippen LogP contribution is 2.47. The number of carbonyl (C=O) groups excluding carboxylic acids is 3. The van der Waals surface area contributed by atoms with E-state index in [1.54, 1.807) is 36.4 Å². The van der Waals surface area contributed by atoms with E-state index < -0.39 is 76.9 Å². The summed E-state index contributed by atoms with van der Waals surface area (Å²) in [5, 5.41) is 35.3. The van der Waals surface area contributed by atoms with Crippen LogP contribution in [0.15, 0.2) is 82.6 Å². The van der Waals surface area contributed by atoms with Crippen LogP contribution in [0.5, 0.6) is 5.75 Å². The van der Waals surface area contributed by atoms with E-state index in [1.807, 2.05) is 41.9 Å². The number of hydrogen-bond acceptors (Lipinski definition) is 11. The van der Waals surface area contributed by atoms with Crippen LogP contribution in [0.3, 0.4) is 0 Å². The Labute approximate surface area is 332 Å². The average Bonchev–Trinajstić information content (AvgIpc) is 3.29. The normalized spacial score (nSPS) is 16.0. The van der Waals surface area contributed by atoms with E-state index in [1.165, 1.54) is 17.8 Å². The van der Waals surface area contributed by atoms with Gasteiger partial charge in [-0.25, -0.2) is 13.2 Å². The number of anilines is 2. The van der Waals surface area contributed by atoms with Crippen molar-refractivity contribution in [3.63, 3.8) is 0 Å². The van der Waals surface area contributed by atoms with Crippen LogP contribution in [0.4, 0.5) is 11.4 Å². The minimum Gasteiger partial charge on any atom is -0.483 e. The summed E-state index contributed by atoms with van der Waals surface area (Å²) >= 11 is 1.33. The molecule has 0 saturated carbocycles. The number of carboxylic acid groups (broad SMARTS) is 1. The molecule has 0 radical (unpaired) electrons. The molecule has 1 aliphatic heterocycles. The lowest BCUT2D eigenvalue weighted by Crippen LogP contribution is -2.55. The number of thioether (sulfide) groups is 1. The Morgan fingerprint density at radius 2 is 1.45 bits per heavy atom. The molecule has 0 fully saturated rings. The third-order valence-corrected chi connectivity index (χ3v) is 12.5. The molecule has 1 heterocycles. The number of hydrogen-bond donors (Lipinski definition) is 6. The predicted octanol–water partition coefficient (Wildman–Crippen LogP) is 3.98. The molecule has 1 aliphatic rings. The maximum Gasteiger partial charge on any atom is 0.328 e. The highest BCUT2D eigenvalue weighted by Gasteiger charge is 2.42. The van der Waals surface area contributed by atoms with Gasteiger partial charge in [-0.05, 0) is 42.9 Å². The number of nitrogens with one attached hydrogen (secondary N) is 3. The fourth-order valence-corrected chi connectivity index (χ4v) is 9.44. The van der Waals surface area contributed by atoms with Gasteiger partial charge in [0.25, 0.3) is 5.91 Å². The summed E-state index contributed by atoms with van der Waals surface area (Å²) in [6.45, 7) is 2.28. The summed E-state index contributed by atoms with van der Waals surface area (Å²) < 4.78 is 34.9. The number of ether oxygens (including phenoxy) is 1. The van der Waals surface area contributed by atoms with Crippen LogP contribution in [0, 0.1) is 5.41 Å². The smallest absolute Gasteiger partial charge is 0.328 e. The molecule has 14 nitrogen and oxygen atoms in total. The summed E-state index contributed by atoms with van der Waals surface area (Å²) in [6, 6.07) is 16.4. The molecule has 3 aromatic carbocycles. The minimum absolute atomic E-state index is 0.0352. The van der Waals surface area contributed by atoms with Crippen LogP contribution in [0.25, 0.3) is 0 Å². The van der Waals surface area contributed by atoms with E-state index in [0.717, 1.165) is 44.2 Å². The van der Waals surface area contributed by atoms with Gasteiger partial charge in [0, 0.05) is 23.7 Å². The molecule has 3 amide bonds. The second kappa shape index (κ2) is 20.5. The van der Waals surface area contributed by atoms with Gasteiger partial charge < -0.3 is 40.9 Å². The fourth-order valence-electron chi connectivity index (χ4n) is 6.78. The van der Waals surface area contributed by atoms with Crippen molar-refractivity contribution in [2.45, 2.75) is 80.3 Å². The van der Waals surface area contributed by atoms with Crippen LogP contribution < -0.4 is 25.6 Å². The standard InChI is InChI=1S/C40H52N4O10S2/c1-4-6-18-40(19-7-5-2)25-44(28-16-12-9-13-17-28)31-20-33(55-3)32(21-34(31)56(52,53)26-40)54-24-35(47)43-36(27-14-10-8-11-15-27)38(49)41-29(22-45)37(48)42-30(23-46)39(50)51/h8-17,20-21,29-30,36,45-46H,4-7,18-19,22-26H2,1-3H3,(H,41,49)(H,42,48)(H,43,47)(H,50,51)/t29-,30-,36+/m0/s1. The molecule has 0 aromatic heterocycles. The van der Waals surface area contributed by atoms with Gasteiger partial charge in [-0.15, -0.1) is 11.8 Å². The minimum atomic E-state index is -3.86. The number of sulfone groups is 1. The van der Waals surface area contributed by atoms with E-state index >= 15 is 0 Å². The van der Waals surface area contributed by atoms with Crippen LogP contribution in [0.2, 0.25) is 0 Å².